The summed E-state index contributed by atoms with van der Waals surface area (Å²) in [6.45, 7) is 0. The summed E-state index contributed by atoms with van der Waals surface area (Å²) in [5, 5.41) is 1.37. The Hall–Kier alpha value is -1.50. The largest absolute Gasteiger partial charge is 0.361 e. The van der Waals surface area contributed by atoms with Crippen molar-refractivity contribution in [2.24, 2.45) is 0 Å². The van der Waals surface area contributed by atoms with Gasteiger partial charge in [0.1, 0.15) is 0 Å². The number of allylic oxidation sites excluding steroid dienone is 2. The molecule has 0 fully saturated rings. The molecule has 1 aromatic heterocycles. The third kappa shape index (κ3) is 1.48. The molecular formula is C14H15N. The molecule has 0 radical (unpaired) electrons. The molecule has 0 unspecified atom stereocenters. The Balaban J connectivity index is 2.14. The van der Waals surface area contributed by atoms with Gasteiger partial charge < -0.3 is 4.98 Å². The molecule has 2 aromatic rings. The number of nitrogens with one attached hydrogen (secondary N) is 1. The van der Waals surface area contributed by atoms with Crippen LogP contribution in [0.25, 0.3) is 16.5 Å². The van der Waals surface area contributed by atoms with Gasteiger partial charge in [0.25, 0.3) is 0 Å². The van der Waals surface area contributed by atoms with Crippen LogP contribution in [0.4, 0.5) is 0 Å². The van der Waals surface area contributed by atoms with Crippen molar-refractivity contribution in [3.63, 3.8) is 0 Å². The molecule has 76 valence electrons. The van der Waals surface area contributed by atoms with Crippen molar-refractivity contribution in [1.82, 2.24) is 4.98 Å². The molecule has 0 saturated carbocycles. The summed E-state index contributed by atoms with van der Waals surface area (Å²) < 4.78 is 0. The van der Waals surface area contributed by atoms with Gasteiger partial charge in [-0.15, -0.1) is 0 Å². The van der Waals surface area contributed by atoms with Crippen molar-refractivity contribution < 1.29 is 0 Å². The average molecular weight is 197 g/mol. The van der Waals surface area contributed by atoms with Gasteiger partial charge >= 0.3 is 0 Å². The van der Waals surface area contributed by atoms with E-state index in [0.29, 0.717) is 0 Å². The highest BCUT2D eigenvalue weighted by molar-refractivity contribution is 5.92. The molecule has 1 nitrogen and oxygen atoms in total. The summed E-state index contributed by atoms with van der Waals surface area (Å²) in [5.41, 5.74) is 4.18. The highest BCUT2D eigenvalue weighted by Crippen LogP contribution is 2.31. The van der Waals surface area contributed by atoms with Crippen molar-refractivity contribution in [3.05, 3.63) is 42.1 Å². The maximum absolute atomic E-state index is 3.34. The van der Waals surface area contributed by atoms with Gasteiger partial charge in [0, 0.05) is 22.7 Å². The predicted octanol–water partition coefficient (Wildman–Crippen LogP) is 4.13. The molecule has 15 heavy (non-hydrogen) atoms. The Morgan fingerprint density at radius 2 is 2.00 bits per heavy atom. The lowest BCUT2D eigenvalue weighted by molar-refractivity contribution is 0.742. The van der Waals surface area contributed by atoms with Crippen LogP contribution in [0.5, 0.6) is 0 Å². The van der Waals surface area contributed by atoms with Gasteiger partial charge in [-0.1, -0.05) is 24.3 Å². The number of fused-ring (bicyclic) bond motifs is 1. The van der Waals surface area contributed by atoms with Crippen molar-refractivity contribution in [1.29, 1.82) is 0 Å². The van der Waals surface area contributed by atoms with Gasteiger partial charge in [-0.05, 0) is 37.3 Å². The van der Waals surface area contributed by atoms with Crippen molar-refractivity contribution in [3.8, 4) is 0 Å². The predicted molar refractivity (Wildman–Crippen MR) is 64.7 cm³/mol. The number of hydrogen-bond acceptors (Lipinski definition) is 0. The fourth-order valence-corrected chi connectivity index (χ4v) is 2.42. The highest BCUT2D eigenvalue weighted by Gasteiger charge is 2.10. The number of aromatic nitrogens is 1. The van der Waals surface area contributed by atoms with Crippen molar-refractivity contribution in [2.75, 3.05) is 0 Å². The second-order valence-corrected chi connectivity index (χ2v) is 4.22. The molecule has 0 saturated heterocycles. The lowest BCUT2D eigenvalue weighted by atomic mass is 9.93. The Labute approximate surface area is 89.8 Å². The summed E-state index contributed by atoms with van der Waals surface area (Å²) in [4.78, 5) is 3.34. The van der Waals surface area contributed by atoms with Crippen LogP contribution in [0.1, 0.15) is 31.2 Å². The van der Waals surface area contributed by atoms with Crippen LogP contribution in [0.15, 0.2) is 36.5 Å². The Morgan fingerprint density at radius 3 is 2.87 bits per heavy atom. The average Bonchev–Trinajstić information content (AvgIpc) is 2.74. The van der Waals surface area contributed by atoms with Crippen LogP contribution in [-0.4, -0.2) is 4.98 Å². The van der Waals surface area contributed by atoms with Gasteiger partial charge in [0.2, 0.25) is 0 Å². The molecular weight excluding hydrogens is 182 g/mol. The van der Waals surface area contributed by atoms with E-state index in [1.807, 2.05) is 0 Å². The number of aromatic amines is 1. The number of hydrogen-bond donors (Lipinski definition) is 1. The molecule has 1 aliphatic rings. The summed E-state index contributed by atoms with van der Waals surface area (Å²) in [6, 6.07) is 8.54. The third-order valence-electron chi connectivity index (χ3n) is 3.23. The Kier molecular flexibility index (Phi) is 2.09. The first-order valence-electron chi connectivity index (χ1n) is 5.71. The first-order chi connectivity index (χ1) is 7.45. The number of H-pyrrole nitrogens is 1. The van der Waals surface area contributed by atoms with Gasteiger partial charge in [-0.25, -0.2) is 0 Å². The van der Waals surface area contributed by atoms with E-state index in [-0.39, 0.29) is 0 Å². The molecule has 0 amide bonds. The molecule has 1 heteroatoms. The van der Waals surface area contributed by atoms with E-state index in [1.54, 1.807) is 0 Å². The standard InChI is InChI=1S/C14H15N/c1-2-6-11(7-3-1)13-10-15-14-9-5-4-8-12(13)14/h4-6,8-10,15H,1-3,7H2. The number of benzene rings is 1. The zero-order chi connectivity index (χ0) is 10.1. The van der Waals surface area contributed by atoms with Crippen LogP contribution in [-0.2, 0) is 0 Å². The second kappa shape index (κ2) is 3.58. The van der Waals surface area contributed by atoms with E-state index in [1.165, 1.54) is 47.7 Å². The van der Waals surface area contributed by atoms with Gasteiger partial charge in [0.05, 0.1) is 0 Å². The van der Waals surface area contributed by atoms with E-state index < -0.39 is 0 Å². The summed E-state index contributed by atoms with van der Waals surface area (Å²) in [5.74, 6) is 0. The minimum atomic E-state index is 1.24. The molecule has 3 rings (SSSR count). The van der Waals surface area contributed by atoms with Gasteiger partial charge in [-0.3, -0.25) is 0 Å². The highest BCUT2D eigenvalue weighted by atomic mass is 14.7. The van der Waals surface area contributed by atoms with Gasteiger partial charge in [-0.2, -0.15) is 0 Å². The van der Waals surface area contributed by atoms with Crippen LogP contribution in [0, 0.1) is 0 Å². The fraction of sp³-hybridized carbons (Fsp3) is 0.286. The molecule has 0 spiro atoms. The third-order valence-corrected chi connectivity index (χ3v) is 3.23. The SMILES string of the molecule is C1=C(c2c[nH]c3ccccc23)CCCC1. The molecule has 0 atom stereocenters. The lowest BCUT2D eigenvalue weighted by Gasteiger charge is -2.11. The first kappa shape index (κ1) is 8.78. The topological polar surface area (TPSA) is 15.8 Å². The molecule has 1 aromatic carbocycles. The van der Waals surface area contributed by atoms with Crippen LogP contribution in [0.2, 0.25) is 0 Å². The molecule has 1 N–H and O–H groups in total. The second-order valence-electron chi connectivity index (χ2n) is 4.22. The number of rotatable bonds is 1. The Morgan fingerprint density at radius 1 is 1.07 bits per heavy atom. The van der Waals surface area contributed by atoms with Gasteiger partial charge in [0.15, 0.2) is 0 Å². The molecule has 1 heterocycles. The van der Waals surface area contributed by atoms with E-state index in [9.17, 15) is 0 Å². The Bertz CT molecular complexity index is 505. The quantitative estimate of drug-likeness (QED) is 0.707. The van der Waals surface area contributed by atoms with Crippen LogP contribution in [0.3, 0.4) is 0 Å². The zero-order valence-electron chi connectivity index (χ0n) is 8.79. The van der Waals surface area contributed by atoms with Crippen LogP contribution < -0.4 is 0 Å². The first-order valence-corrected chi connectivity index (χ1v) is 5.71. The van der Waals surface area contributed by atoms with Crippen molar-refractivity contribution >= 4 is 16.5 Å². The smallest absolute Gasteiger partial charge is 0.0460 e. The van der Waals surface area contributed by atoms with E-state index >= 15 is 0 Å². The summed E-state index contributed by atoms with van der Waals surface area (Å²) >= 11 is 0. The maximum Gasteiger partial charge on any atom is 0.0460 e. The molecule has 1 aliphatic carbocycles. The van der Waals surface area contributed by atoms with E-state index in [2.05, 4.69) is 41.5 Å². The summed E-state index contributed by atoms with van der Waals surface area (Å²) in [6.07, 6.45) is 9.73. The van der Waals surface area contributed by atoms with Crippen LogP contribution >= 0.6 is 0 Å². The minimum Gasteiger partial charge on any atom is -0.361 e. The molecule has 0 aliphatic heterocycles. The monoisotopic (exact) mass is 197 g/mol. The lowest BCUT2D eigenvalue weighted by Crippen LogP contribution is -1.90. The summed E-state index contributed by atoms with van der Waals surface area (Å²) in [7, 11) is 0. The van der Waals surface area contributed by atoms with E-state index in [4.69, 9.17) is 0 Å². The fourth-order valence-electron chi connectivity index (χ4n) is 2.42. The van der Waals surface area contributed by atoms with Crippen molar-refractivity contribution in [2.45, 2.75) is 25.7 Å². The minimum absolute atomic E-state index is 1.24. The van der Waals surface area contributed by atoms with E-state index in [0.717, 1.165) is 0 Å². The molecule has 0 bridgehead atoms. The normalized spacial score (nSPS) is 16.7. The zero-order valence-corrected chi connectivity index (χ0v) is 8.79. The maximum atomic E-state index is 3.34. The number of para-hydroxylation sites is 1.